The van der Waals surface area contributed by atoms with Crippen molar-refractivity contribution >= 4 is 28.5 Å². The van der Waals surface area contributed by atoms with Crippen molar-refractivity contribution in [1.29, 1.82) is 0 Å². The van der Waals surface area contributed by atoms with Crippen LogP contribution in [0.3, 0.4) is 0 Å². The van der Waals surface area contributed by atoms with E-state index in [1.54, 1.807) is 0 Å². The summed E-state index contributed by atoms with van der Waals surface area (Å²) >= 11 is 1.05. The molecule has 0 saturated carbocycles. The number of amides is 1. The van der Waals surface area contributed by atoms with Crippen molar-refractivity contribution < 1.29 is 4.79 Å². The number of aromatic nitrogens is 4. The van der Waals surface area contributed by atoms with E-state index in [4.69, 9.17) is 4.98 Å². The Labute approximate surface area is 160 Å². The van der Waals surface area contributed by atoms with Crippen LogP contribution in [-0.2, 0) is 6.42 Å². The number of hydrogen-bond acceptors (Lipinski definition) is 5. The summed E-state index contributed by atoms with van der Waals surface area (Å²) in [6, 6.07) is 13.9. The number of para-hydroxylation sites is 1. The molecule has 27 heavy (non-hydrogen) atoms. The van der Waals surface area contributed by atoms with Crippen LogP contribution in [0.2, 0.25) is 0 Å². The number of pyridine rings is 1. The predicted molar refractivity (Wildman–Crippen MR) is 104 cm³/mol. The zero-order valence-electron chi connectivity index (χ0n) is 14.7. The monoisotopic (exact) mass is 375 g/mol. The second-order valence-electron chi connectivity index (χ2n) is 6.71. The summed E-state index contributed by atoms with van der Waals surface area (Å²) in [6.07, 6.45) is 2.33. The molecule has 4 heterocycles. The summed E-state index contributed by atoms with van der Waals surface area (Å²) in [5.74, 6) is -0.110. The van der Waals surface area contributed by atoms with Gasteiger partial charge in [-0.25, -0.2) is 0 Å². The normalized spacial score (nSPS) is 16.5. The van der Waals surface area contributed by atoms with Gasteiger partial charge in [-0.2, -0.15) is 8.75 Å². The largest absolute Gasteiger partial charge is 0.356 e. The highest BCUT2D eigenvalue weighted by Crippen LogP contribution is 2.38. The van der Waals surface area contributed by atoms with Gasteiger partial charge < -0.3 is 9.88 Å². The van der Waals surface area contributed by atoms with E-state index in [2.05, 4.69) is 31.9 Å². The highest BCUT2D eigenvalue weighted by molar-refractivity contribution is 6.99. The number of H-pyrrole nitrogens is 1. The minimum Gasteiger partial charge on any atom is -0.356 e. The average molecular weight is 375 g/mol. The predicted octanol–water partition coefficient (Wildman–Crippen LogP) is 3.51. The Balaban J connectivity index is 1.70. The van der Waals surface area contributed by atoms with Crippen molar-refractivity contribution in [3.63, 3.8) is 0 Å². The summed E-state index contributed by atoms with van der Waals surface area (Å²) in [4.78, 5) is 23.3. The topological polar surface area (TPSA) is 74.8 Å². The second kappa shape index (κ2) is 6.28. The fourth-order valence-corrected chi connectivity index (χ4v) is 4.30. The number of rotatable bonds is 2. The van der Waals surface area contributed by atoms with Crippen molar-refractivity contribution in [1.82, 2.24) is 23.6 Å². The van der Waals surface area contributed by atoms with E-state index in [-0.39, 0.29) is 11.9 Å². The molecule has 5 rings (SSSR count). The molecule has 0 fully saturated rings. The third kappa shape index (κ3) is 2.62. The van der Waals surface area contributed by atoms with Crippen LogP contribution in [0.25, 0.3) is 10.9 Å². The maximum absolute atomic E-state index is 13.1. The second-order valence-corrected chi connectivity index (χ2v) is 7.27. The number of carbonyl (C=O) groups is 1. The highest BCUT2D eigenvalue weighted by atomic mass is 32.1. The Morgan fingerprint density at radius 2 is 2.11 bits per heavy atom. The molecular formula is C20H17N5OS. The number of nitrogens with one attached hydrogen (secondary N) is 1. The smallest absolute Gasteiger partial charge is 0.276 e. The molecule has 1 aromatic carbocycles. The number of aryl methyl sites for hydroxylation is 1. The molecule has 0 aliphatic carbocycles. The molecule has 1 aliphatic rings. The molecule has 134 valence electrons. The van der Waals surface area contributed by atoms with Gasteiger partial charge in [0, 0.05) is 28.8 Å². The van der Waals surface area contributed by atoms with E-state index in [0.29, 0.717) is 12.2 Å². The third-order valence-corrected chi connectivity index (χ3v) is 5.54. The van der Waals surface area contributed by atoms with Gasteiger partial charge in [-0.3, -0.25) is 9.78 Å². The third-order valence-electron chi connectivity index (χ3n) is 5.07. The molecule has 0 radical (unpaired) electrons. The van der Waals surface area contributed by atoms with Gasteiger partial charge in [-0.05, 0) is 37.1 Å². The average Bonchev–Trinajstić information content (AvgIpc) is 3.34. The van der Waals surface area contributed by atoms with Crippen LogP contribution in [-0.4, -0.2) is 36.1 Å². The quantitative estimate of drug-likeness (QED) is 0.582. The molecule has 1 aliphatic heterocycles. The fourth-order valence-electron chi connectivity index (χ4n) is 3.89. The maximum Gasteiger partial charge on any atom is 0.276 e. The maximum atomic E-state index is 13.1. The fraction of sp³-hybridized carbons (Fsp3) is 0.200. The number of fused-ring (bicyclic) bond motifs is 3. The van der Waals surface area contributed by atoms with Crippen LogP contribution in [0.5, 0.6) is 0 Å². The van der Waals surface area contributed by atoms with E-state index in [0.717, 1.165) is 40.7 Å². The summed E-state index contributed by atoms with van der Waals surface area (Å²) in [7, 11) is 0. The van der Waals surface area contributed by atoms with E-state index in [1.165, 1.54) is 17.1 Å². The minimum absolute atomic E-state index is 0.110. The molecular weight excluding hydrogens is 358 g/mol. The van der Waals surface area contributed by atoms with Gasteiger partial charge in [-0.1, -0.05) is 24.3 Å². The lowest BCUT2D eigenvalue weighted by atomic mass is 9.94. The summed E-state index contributed by atoms with van der Waals surface area (Å²) < 4.78 is 8.13. The van der Waals surface area contributed by atoms with Crippen LogP contribution in [0.1, 0.15) is 39.2 Å². The van der Waals surface area contributed by atoms with Gasteiger partial charge in [0.2, 0.25) is 0 Å². The van der Waals surface area contributed by atoms with Crippen LogP contribution >= 0.6 is 11.7 Å². The Morgan fingerprint density at radius 1 is 1.22 bits per heavy atom. The van der Waals surface area contributed by atoms with Gasteiger partial charge in [0.05, 0.1) is 23.6 Å². The van der Waals surface area contributed by atoms with Gasteiger partial charge >= 0.3 is 0 Å². The van der Waals surface area contributed by atoms with Gasteiger partial charge in [0.1, 0.15) is 6.04 Å². The molecule has 7 heteroatoms. The Hall–Kier alpha value is -3.06. The summed E-state index contributed by atoms with van der Waals surface area (Å²) in [5.41, 5.74) is 5.57. The van der Waals surface area contributed by atoms with Gasteiger partial charge in [-0.15, -0.1) is 0 Å². The number of carbonyl (C=O) groups excluding carboxylic acids is 1. The van der Waals surface area contributed by atoms with Crippen molar-refractivity contribution in [2.24, 2.45) is 0 Å². The Morgan fingerprint density at radius 3 is 2.93 bits per heavy atom. The first-order valence-corrected chi connectivity index (χ1v) is 9.57. The molecule has 1 amide bonds. The zero-order valence-corrected chi connectivity index (χ0v) is 15.5. The van der Waals surface area contributed by atoms with E-state index < -0.39 is 0 Å². The molecule has 1 atom stereocenters. The minimum atomic E-state index is -0.268. The summed E-state index contributed by atoms with van der Waals surface area (Å²) in [5, 5.41) is 1.22. The Kier molecular flexibility index (Phi) is 3.75. The number of benzene rings is 1. The zero-order chi connectivity index (χ0) is 18.4. The lowest BCUT2D eigenvalue weighted by molar-refractivity contribution is 0.0683. The Bertz CT molecular complexity index is 1130. The lowest BCUT2D eigenvalue weighted by Gasteiger charge is -2.35. The van der Waals surface area contributed by atoms with Crippen molar-refractivity contribution in [3.8, 4) is 0 Å². The van der Waals surface area contributed by atoms with Crippen LogP contribution in [0, 0.1) is 6.92 Å². The lowest BCUT2D eigenvalue weighted by Crippen LogP contribution is -2.41. The summed E-state index contributed by atoms with van der Waals surface area (Å²) in [6.45, 7) is 2.58. The molecule has 0 saturated heterocycles. The highest BCUT2D eigenvalue weighted by Gasteiger charge is 2.36. The molecule has 1 N–H and O–H groups in total. The molecule has 0 spiro atoms. The molecule has 4 aromatic rings. The van der Waals surface area contributed by atoms with Crippen LogP contribution in [0.15, 0.2) is 48.7 Å². The SMILES string of the molecule is Cc1cccc(C2c3[nH]c4ccccc4c3CCN2C(=O)c2cnsn2)n1. The van der Waals surface area contributed by atoms with Crippen molar-refractivity contribution in [2.75, 3.05) is 6.54 Å². The number of aromatic amines is 1. The van der Waals surface area contributed by atoms with E-state index in [1.807, 2.05) is 36.1 Å². The van der Waals surface area contributed by atoms with Crippen LogP contribution < -0.4 is 0 Å². The van der Waals surface area contributed by atoms with Gasteiger partial charge in [0.15, 0.2) is 5.69 Å². The number of nitrogens with zero attached hydrogens (tertiary/aromatic N) is 4. The first-order valence-electron chi connectivity index (χ1n) is 8.84. The van der Waals surface area contributed by atoms with Crippen LogP contribution in [0.4, 0.5) is 0 Å². The molecule has 1 unspecified atom stereocenters. The van der Waals surface area contributed by atoms with E-state index in [9.17, 15) is 4.79 Å². The van der Waals surface area contributed by atoms with Crippen molar-refractivity contribution in [3.05, 3.63) is 77.0 Å². The number of hydrogen-bond donors (Lipinski definition) is 1. The van der Waals surface area contributed by atoms with E-state index >= 15 is 0 Å². The first kappa shape index (κ1) is 16.1. The molecule has 0 bridgehead atoms. The first-order chi connectivity index (χ1) is 13.2. The standard InChI is InChI=1S/C20H17N5OS/c1-12-5-4-8-16(22-12)19-18-14(13-6-2-3-7-15(13)23-18)9-10-25(19)20(26)17-11-21-27-24-17/h2-8,11,19,23H,9-10H2,1H3. The molecule has 6 nitrogen and oxygen atoms in total. The van der Waals surface area contributed by atoms with Gasteiger partial charge in [0.25, 0.3) is 5.91 Å². The molecule has 3 aromatic heterocycles. The van der Waals surface area contributed by atoms with Crippen molar-refractivity contribution in [2.45, 2.75) is 19.4 Å².